The molecule has 1 saturated carbocycles. The van der Waals surface area contributed by atoms with Crippen LogP contribution in [0.25, 0.3) is 0 Å². The van der Waals surface area contributed by atoms with Crippen molar-refractivity contribution in [3.63, 3.8) is 0 Å². The molecule has 0 spiro atoms. The van der Waals surface area contributed by atoms with Crippen molar-refractivity contribution in [1.29, 1.82) is 0 Å². The van der Waals surface area contributed by atoms with Crippen LogP contribution in [0, 0.1) is 18.8 Å². The van der Waals surface area contributed by atoms with E-state index in [2.05, 4.69) is 20.3 Å². The summed E-state index contributed by atoms with van der Waals surface area (Å²) >= 11 is 1.02. The highest BCUT2D eigenvalue weighted by molar-refractivity contribution is 7.91. The van der Waals surface area contributed by atoms with Gasteiger partial charge in [-0.1, -0.05) is 0 Å². The molecule has 146 valence electrons. The Morgan fingerprint density at radius 3 is 2.31 bits per heavy atom. The molecule has 0 aromatic carbocycles. The van der Waals surface area contributed by atoms with Crippen molar-refractivity contribution in [3.05, 3.63) is 5.01 Å². The average Bonchev–Trinajstić information content (AvgIpc) is 2.92. The average molecular weight is 405 g/mol. The number of carboxylic acid groups (broad SMARTS) is 1. The van der Waals surface area contributed by atoms with Crippen LogP contribution in [0.2, 0.25) is 0 Å². The highest BCUT2D eigenvalue weighted by Crippen LogP contribution is 2.30. The van der Waals surface area contributed by atoms with Crippen LogP contribution >= 0.6 is 11.3 Å². The molecule has 26 heavy (non-hydrogen) atoms. The van der Waals surface area contributed by atoms with E-state index in [1.807, 2.05) is 0 Å². The van der Waals surface area contributed by atoms with Crippen LogP contribution in [0.1, 0.15) is 37.6 Å². The molecule has 1 aliphatic carbocycles. The van der Waals surface area contributed by atoms with Gasteiger partial charge in [0, 0.05) is 20.0 Å². The standard InChI is InChI=1S/C15H24N4O5S2/c1-9(20)18-13-14(25-10(2)19-13)26(23,24)17-8-12-5-3-11(4-6-12)7-16-15(21)22/h11-12,16-17H,3-8H2,1-2H3,(H,18,20)(H,21,22)/t11-,12-. The predicted molar refractivity (Wildman–Crippen MR) is 97.8 cm³/mol. The number of rotatable bonds is 7. The van der Waals surface area contributed by atoms with Gasteiger partial charge < -0.3 is 15.7 Å². The number of sulfonamides is 1. The normalized spacial score (nSPS) is 20.5. The molecule has 1 aromatic rings. The molecular formula is C15H24N4O5S2. The number of carbonyl (C=O) groups is 2. The second kappa shape index (κ2) is 8.78. The zero-order valence-corrected chi connectivity index (χ0v) is 16.4. The molecule has 4 N–H and O–H groups in total. The summed E-state index contributed by atoms with van der Waals surface area (Å²) in [5, 5.41) is 14.0. The van der Waals surface area contributed by atoms with Gasteiger partial charge in [0.05, 0.1) is 5.01 Å². The maximum Gasteiger partial charge on any atom is 0.404 e. The first kappa shape index (κ1) is 20.6. The van der Waals surface area contributed by atoms with Crippen LogP contribution in [0.3, 0.4) is 0 Å². The van der Waals surface area contributed by atoms with E-state index in [0.717, 1.165) is 37.0 Å². The molecule has 0 radical (unpaired) electrons. The Hall–Kier alpha value is -1.72. The minimum atomic E-state index is -3.75. The summed E-state index contributed by atoms with van der Waals surface area (Å²) in [5.74, 6) is 0.203. The summed E-state index contributed by atoms with van der Waals surface area (Å²) in [6.45, 7) is 3.74. The zero-order valence-electron chi connectivity index (χ0n) is 14.7. The second-order valence-electron chi connectivity index (χ2n) is 6.47. The number of nitrogens with one attached hydrogen (secondary N) is 3. The smallest absolute Gasteiger partial charge is 0.404 e. The summed E-state index contributed by atoms with van der Waals surface area (Å²) < 4.78 is 27.8. The quantitative estimate of drug-likeness (QED) is 0.546. The number of hydrogen-bond donors (Lipinski definition) is 4. The Balaban J connectivity index is 1.89. The SMILES string of the molecule is CC(=O)Nc1nc(C)sc1S(=O)(=O)NC[C@H]1CC[C@H](CNC(=O)O)CC1. The number of anilines is 1. The first-order chi connectivity index (χ1) is 12.2. The maximum absolute atomic E-state index is 12.6. The van der Waals surface area contributed by atoms with Gasteiger partial charge in [-0.05, 0) is 44.4 Å². The number of aryl methyl sites for hydroxylation is 1. The Morgan fingerprint density at radius 2 is 1.77 bits per heavy atom. The molecule has 11 heteroatoms. The molecule has 0 bridgehead atoms. The van der Waals surface area contributed by atoms with Gasteiger partial charge in [0.2, 0.25) is 5.91 Å². The van der Waals surface area contributed by atoms with Gasteiger partial charge in [-0.25, -0.2) is 22.9 Å². The monoisotopic (exact) mass is 404 g/mol. The lowest BCUT2D eigenvalue weighted by Crippen LogP contribution is -2.34. The molecular weight excluding hydrogens is 380 g/mol. The summed E-state index contributed by atoms with van der Waals surface area (Å²) in [6.07, 6.45) is 2.39. The fourth-order valence-corrected chi connectivity index (χ4v) is 5.51. The summed E-state index contributed by atoms with van der Waals surface area (Å²) in [5.41, 5.74) is 0. The van der Waals surface area contributed by atoms with Gasteiger partial charge in [-0.15, -0.1) is 11.3 Å². The number of hydrogen-bond acceptors (Lipinski definition) is 6. The van der Waals surface area contributed by atoms with Gasteiger partial charge in [0.15, 0.2) is 10.0 Å². The van der Waals surface area contributed by atoms with Crippen LogP contribution in [0.15, 0.2) is 4.21 Å². The van der Waals surface area contributed by atoms with Crippen molar-refractivity contribution in [2.24, 2.45) is 11.8 Å². The van der Waals surface area contributed by atoms with E-state index in [1.54, 1.807) is 6.92 Å². The Kier molecular flexibility index (Phi) is 6.95. The van der Waals surface area contributed by atoms with Gasteiger partial charge >= 0.3 is 6.09 Å². The topological polar surface area (TPSA) is 137 Å². The Labute approximate surface area is 156 Å². The van der Waals surface area contributed by atoms with E-state index in [1.165, 1.54) is 6.92 Å². The lowest BCUT2D eigenvalue weighted by Gasteiger charge is -2.28. The van der Waals surface area contributed by atoms with Crippen molar-refractivity contribution >= 4 is 39.2 Å². The minimum Gasteiger partial charge on any atom is -0.465 e. The van der Waals surface area contributed by atoms with Gasteiger partial charge in [0.25, 0.3) is 10.0 Å². The van der Waals surface area contributed by atoms with Crippen molar-refractivity contribution < 1.29 is 23.1 Å². The fraction of sp³-hybridized carbons (Fsp3) is 0.667. The van der Waals surface area contributed by atoms with E-state index in [-0.39, 0.29) is 21.9 Å². The van der Waals surface area contributed by atoms with Crippen LogP contribution in [0.5, 0.6) is 0 Å². The molecule has 0 unspecified atom stereocenters. The zero-order chi connectivity index (χ0) is 19.3. The summed E-state index contributed by atoms with van der Waals surface area (Å²) in [4.78, 5) is 25.8. The number of thiazole rings is 1. The fourth-order valence-electron chi connectivity index (χ4n) is 3.00. The number of aromatic nitrogens is 1. The number of amides is 2. The van der Waals surface area contributed by atoms with E-state index < -0.39 is 16.1 Å². The molecule has 1 aromatic heterocycles. The van der Waals surface area contributed by atoms with Crippen molar-refractivity contribution in [2.75, 3.05) is 18.4 Å². The Morgan fingerprint density at radius 1 is 1.19 bits per heavy atom. The molecule has 1 heterocycles. The van der Waals surface area contributed by atoms with E-state index in [0.29, 0.717) is 24.0 Å². The van der Waals surface area contributed by atoms with Crippen molar-refractivity contribution in [2.45, 2.75) is 43.7 Å². The highest BCUT2D eigenvalue weighted by Gasteiger charge is 2.27. The lowest BCUT2D eigenvalue weighted by atomic mass is 9.82. The van der Waals surface area contributed by atoms with Gasteiger partial charge in [-0.2, -0.15) is 0 Å². The molecule has 2 rings (SSSR count). The van der Waals surface area contributed by atoms with Crippen molar-refractivity contribution in [3.8, 4) is 0 Å². The first-order valence-corrected chi connectivity index (χ1v) is 10.7. The van der Waals surface area contributed by atoms with E-state index >= 15 is 0 Å². The molecule has 2 amide bonds. The molecule has 0 atom stereocenters. The maximum atomic E-state index is 12.6. The number of nitrogens with zero attached hydrogens (tertiary/aromatic N) is 1. The minimum absolute atomic E-state index is 0.0181. The summed E-state index contributed by atoms with van der Waals surface area (Å²) in [6, 6.07) is 0. The van der Waals surface area contributed by atoms with Gasteiger partial charge in [0.1, 0.15) is 0 Å². The lowest BCUT2D eigenvalue weighted by molar-refractivity contribution is -0.114. The molecule has 0 aliphatic heterocycles. The highest BCUT2D eigenvalue weighted by atomic mass is 32.2. The van der Waals surface area contributed by atoms with E-state index in [9.17, 15) is 18.0 Å². The molecule has 1 fully saturated rings. The first-order valence-electron chi connectivity index (χ1n) is 8.39. The molecule has 1 aliphatic rings. The second-order valence-corrected chi connectivity index (χ2v) is 9.64. The van der Waals surface area contributed by atoms with E-state index in [4.69, 9.17) is 5.11 Å². The summed E-state index contributed by atoms with van der Waals surface area (Å²) in [7, 11) is -3.75. The number of carbonyl (C=O) groups excluding carboxylic acids is 1. The van der Waals surface area contributed by atoms with Crippen LogP contribution in [0.4, 0.5) is 10.6 Å². The third kappa shape index (κ3) is 5.92. The van der Waals surface area contributed by atoms with Crippen LogP contribution < -0.4 is 15.4 Å². The Bertz CT molecular complexity index is 754. The third-order valence-electron chi connectivity index (χ3n) is 4.31. The van der Waals surface area contributed by atoms with Crippen LogP contribution in [-0.4, -0.2) is 43.6 Å². The molecule has 0 saturated heterocycles. The molecule has 9 nitrogen and oxygen atoms in total. The van der Waals surface area contributed by atoms with Crippen LogP contribution in [-0.2, 0) is 14.8 Å². The largest absolute Gasteiger partial charge is 0.465 e. The predicted octanol–water partition coefficient (Wildman–Crippen LogP) is 1.76. The third-order valence-corrected chi connectivity index (χ3v) is 7.21. The van der Waals surface area contributed by atoms with Gasteiger partial charge in [-0.3, -0.25) is 4.79 Å². The van der Waals surface area contributed by atoms with Crippen molar-refractivity contribution in [1.82, 2.24) is 15.0 Å².